The first kappa shape index (κ1) is 9.93. The Kier molecular flexibility index (Phi) is 2.27. The van der Waals surface area contributed by atoms with Crippen LogP contribution in [0.1, 0.15) is 26.7 Å². The summed E-state index contributed by atoms with van der Waals surface area (Å²) in [5, 5.41) is 3.04. The van der Waals surface area contributed by atoms with Gasteiger partial charge in [-0.1, -0.05) is 0 Å². The smallest absolute Gasteiger partial charge is 0.246 e. The van der Waals surface area contributed by atoms with E-state index >= 15 is 0 Å². The lowest BCUT2D eigenvalue weighted by Gasteiger charge is -2.46. The summed E-state index contributed by atoms with van der Waals surface area (Å²) in [5.74, 6) is -0.00560. The molecule has 4 heteroatoms. The van der Waals surface area contributed by atoms with Crippen molar-refractivity contribution in [1.82, 2.24) is 5.32 Å². The van der Waals surface area contributed by atoms with Gasteiger partial charge in [0, 0.05) is 13.0 Å². The molecule has 2 fully saturated rings. The number of amides is 1. The summed E-state index contributed by atoms with van der Waals surface area (Å²) < 4.78 is 10.9. The topological polar surface area (TPSA) is 47.6 Å². The minimum Gasteiger partial charge on any atom is -0.375 e. The van der Waals surface area contributed by atoms with E-state index in [1.807, 2.05) is 0 Å². The quantitative estimate of drug-likeness (QED) is 0.616. The van der Waals surface area contributed by atoms with Gasteiger partial charge in [0.2, 0.25) is 5.91 Å². The molecule has 1 atom stereocenters. The first-order valence-corrected chi connectivity index (χ1v) is 5.04. The van der Waals surface area contributed by atoms with Crippen molar-refractivity contribution < 1.29 is 14.3 Å². The molecule has 0 bridgehead atoms. The number of carbonyl (C=O) groups excluding carboxylic acids is 1. The molecule has 0 aromatic rings. The lowest BCUT2D eigenvalue weighted by molar-refractivity contribution is -0.149. The van der Waals surface area contributed by atoms with E-state index < -0.39 is 0 Å². The van der Waals surface area contributed by atoms with E-state index in [4.69, 9.17) is 9.47 Å². The summed E-state index contributed by atoms with van der Waals surface area (Å²) in [5.41, 5.74) is -0.344. The SMILES string of the molecule is CC1(C)CC2(CCO1)COCC(=O)N2. The highest BCUT2D eigenvalue weighted by Gasteiger charge is 2.43. The summed E-state index contributed by atoms with van der Waals surface area (Å²) in [4.78, 5) is 11.3. The van der Waals surface area contributed by atoms with E-state index in [2.05, 4.69) is 19.2 Å². The van der Waals surface area contributed by atoms with Gasteiger partial charge in [-0.3, -0.25) is 4.79 Å². The molecule has 1 spiro atoms. The fraction of sp³-hybridized carbons (Fsp3) is 0.900. The molecule has 2 saturated heterocycles. The van der Waals surface area contributed by atoms with E-state index in [1.54, 1.807) is 0 Å². The van der Waals surface area contributed by atoms with E-state index in [-0.39, 0.29) is 23.7 Å². The van der Waals surface area contributed by atoms with Crippen LogP contribution < -0.4 is 5.32 Å². The average molecular weight is 199 g/mol. The number of nitrogens with one attached hydrogen (secondary N) is 1. The summed E-state index contributed by atoms with van der Waals surface area (Å²) in [6.07, 6.45) is 1.67. The molecule has 4 nitrogen and oxygen atoms in total. The normalized spacial score (nSPS) is 36.9. The van der Waals surface area contributed by atoms with Gasteiger partial charge < -0.3 is 14.8 Å². The van der Waals surface area contributed by atoms with Gasteiger partial charge in [0.1, 0.15) is 6.61 Å². The number of hydrogen-bond acceptors (Lipinski definition) is 3. The van der Waals surface area contributed by atoms with Gasteiger partial charge in [-0.05, 0) is 20.3 Å². The zero-order chi connectivity index (χ0) is 10.2. The molecule has 80 valence electrons. The molecule has 0 radical (unpaired) electrons. The average Bonchev–Trinajstić information content (AvgIpc) is 2.00. The first-order valence-electron chi connectivity index (χ1n) is 5.04. The monoisotopic (exact) mass is 199 g/mol. The zero-order valence-electron chi connectivity index (χ0n) is 8.76. The molecule has 0 saturated carbocycles. The molecule has 2 aliphatic rings. The highest BCUT2D eigenvalue weighted by molar-refractivity contribution is 5.78. The highest BCUT2D eigenvalue weighted by atomic mass is 16.5. The molecule has 1 N–H and O–H groups in total. The van der Waals surface area contributed by atoms with Crippen LogP contribution in [-0.4, -0.2) is 36.9 Å². The lowest BCUT2D eigenvalue weighted by atomic mass is 9.81. The van der Waals surface area contributed by atoms with Crippen molar-refractivity contribution in [2.45, 2.75) is 37.8 Å². The molecule has 0 aromatic heterocycles. The predicted octanol–water partition coefficient (Wildman–Crippen LogP) is 0.461. The third kappa shape index (κ3) is 1.91. The van der Waals surface area contributed by atoms with Crippen LogP contribution in [0, 0.1) is 0 Å². The third-order valence-corrected chi connectivity index (χ3v) is 2.85. The molecule has 2 rings (SSSR count). The van der Waals surface area contributed by atoms with Crippen molar-refractivity contribution in [3.8, 4) is 0 Å². The third-order valence-electron chi connectivity index (χ3n) is 2.85. The summed E-state index contributed by atoms with van der Waals surface area (Å²) in [6, 6.07) is 0. The van der Waals surface area contributed by atoms with Gasteiger partial charge in [-0.25, -0.2) is 0 Å². The minimum absolute atomic E-state index is 0.00560. The van der Waals surface area contributed by atoms with Crippen LogP contribution in [0.15, 0.2) is 0 Å². The predicted molar refractivity (Wildman–Crippen MR) is 51.0 cm³/mol. The van der Waals surface area contributed by atoms with Crippen LogP contribution in [-0.2, 0) is 14.3 Å². The maximum Gasteiger partial charge on any atom is 0.246 e. The highest BCUT2D eigenvalue weighted by Crippen LogP contribution is 2.33. The van der Waals surface area contributed by atoms with Crippen molar-refractivity contribution in [3.05, 3.63) is 0 Å². The molecule has 14 heavy (non-hydrogen) atoms. The van der Waals surface area contributed by atoms with Gasteiger partial charge in [-0.15, -0.1) is 0 Å². The van der Waals surface area contributed by atoms with Gasteiger partial charge in [0.15, 0.2) is 0 Å². The molecule has 2 heterocycles. The van der Waals surface area contributed by atoms with Gasteiger partial charge >= 0.3 is 0 Å². The Labute approximate surface area is 84.0 Å². The second-order valence-electron chi connectivity index (χ2n) is 4.86. The molecular formula is C10H17NO3. The number of morpholine rings is 1. The summed E-state index contributed by atoms with van der Waals surface area (Å²) >= 11 is 0. The Morgan fingerprint density at radius 3 is 2.86 bits per heavy atom. The molecule has 1 amide bonds. The zero-order valence-corrected chi connectivity index (χ0v) is 8.76. The summed E-state index contributed by atoms with van der Waals surface area (Å²) in [6.45, 7) is 5.61. The van der Waals surface area contributed by atoms with Crippen molar-refractivity contribution >= 4 is 5.91 Å². The van der Waals surface area contributed by atoms with Crippen LogP contribution in [0.3, 0.4) is 0 Å². The van der Waals surface area contributed by atoms with E-state index in [9.17, 15) is 4.79 Å². The minimum atomic E-state index is -0.183. The van der Waals surface area contributed by atoms with Crippen LogP contribution in [0.4, 0.5) is 0 Å². The Bertz CT molecular complexity index is 248. The van der Waals surface area contributed by atoms with E-state index in [1.165, 1.54) is 0 Å². The second kappa shape index (κ2) is 3.21. The number of carbonyl (C=O) groups is 1. The molecule has 1 unspecified atom stereocenters. The van der Waals surface area contributed by atoms with Gasteiger partial charge in [-0.2, -0.15) is 0 Å². The number of ether oxygens (including phenoxy) is 2. The van der Waals surface area contributed by atoms with Crippen molar-refractivity contribution in [1.29, 1.82) is 0 Å². The lowest BCUT2D eigenvalue weighted by Crippen LogP contribution is -2.62. The van der Waals surface area contributed by atoms with E-state index in [0.29, 0.717) is 13.2 Å². The van der Waals surface area contributed by atoms with Gasteiger partial charge in [0.05, 0.1) is 17.7 Å². The fourth-order valence-electron chi connectivity index (χ4n) is 2.41. The maximum atomic E-state index is 11.3. The van der Waals surface area contributed by atoms with E-state index in [0.717, 1.165) is 12.8 Å². The van der Waals surface area contributed by atoms with Gasteiger partial charge in [0.25, 0.3) is 0 Å². The van der Waals surface area contributed by atoms with Crippen molar-refractivity contribution in [2.24, 2.45) is 0 Å². The first-order chi connectivity index (χ1) is 6.52. The van der Waals surface area contributed by atoms with Crippen LogP contribution in [0.25, 0.3) is 0 Å². The second-order valence-corrected chi connectivity index (χ2v) is 4.86. The fourth-order valence-corrected chi connectivity index (χ4v) is 2.41. The molecular weight excluding hydrogens is 182 g/mol. The Morgan fingerprint density at radius 2 is 2.21 bits per heavy atom. The number of hydrogen-bond donors (Lipinski definition) is 1. The maximum absolute atomic E-state index is 11.3. The molecule has 2 aliphatic heterocycles. The Morgan fingerprint density at radius 1 is 1.43 bits per heavy atom. The largest absolute Gasteiger partial charge is 0.375 e. The number of rotatable bonds is 0. The Hall–Kier alpha value is -0.610. The summed E-state index contributed by atoms with van der Waals surface area (Å²) in [7, 11) is 0. The Balaban J connectivity index is 2.10. The standard InChI is InChI=1S/C10H17NO3/c1-9(2)6-10(3-4-14-9)7-13-5-8(12)11-10/h3-7H2,1-2H3,(H,11,12). The van der Waals surface area contributed by atoms with Crippen molar-refractivity contribution in [3.63, 3.8) is 0 Å². The molecule has 0 aliphatic carbocycles. The van der Waals surface area contributed by atoms with Crippen LogP contribution in [0.2, 0.25) is 0 Å². The van der Waals surface area contributed by atoms with Crippen molar-refractivity contribution in [2.75, 3.05) is 19.8 Å². The molecule has 0 aromatic carbocycles. The van der Waals surface area contributed by atoms with Crippen LogP contribution >= 0.6 is 0 Å². The van der Waals surface area contributed by atoms with Crippen LogP contribution in [0.5, 0.6) is 0 Å².